The number of hydrogen-bond acceptors (Lipinski definition) is 2. The summed E-state index contributed by atoms with van der Waals surface area (Å²) in [4.78, 5) is 2.70. The Morgan fingerprint density at radius 1 is 1.17 bits per heavy atom. The standard InChI is InChI=1S/C16H32N2/c1-3-16(4-2)10-13-18(14-16)12-7-11-17-15-8-5-6-9-15/h15,17H,3-14H2,1-2H3. The Morgan fingerprint density at radius 3 is 2.50 bits per heavy atom. The highest BCUT2D eigenvalue weighted by Gasteiger charge is 2.34. The molecule has 2 aliphatic rings. The quantitative estimate of drug-likeness (QED) is 0.698. The molecule has 1 aliphatic carbocycles. The molecule has 1 saturated carbocycles. The van der Waals surface area contributed by atoms with Crippen molar-refractivity contribution in [2.75, 3.05) is 26.2 Å². The number of nitrogens with zero attached hydrogens (tertiary/aromatic N) is 1. The molecule has 0 unspecified atom stereocenters. The van der Waals surface area contributed by atoms with Gasteiger partial charge >= 0.3 is 0 Å². The molecule has 2 rings (SSSR count). The lowest BCUT2D eigenvalue weighted by Crippen LogP contribution is -2.31. The summed E-state index contributed by atoms with van der Waals surface area (Å²) in [6.07, 6.45) is 11.2. The average molecular weight is 252 g/mol. The molecular formula is C16H32N2. The minimum Gasteiger partial charge on any atom is -0.314 e. The van der Waals surface area contributed by atoms with Crippen LogP contribution in [0, 0.1) is 5.41 Å². The van der Waals surface area contributed by atoms with Crippen LogP contribution in [-0.4, -0.2) is 37.1 Å². The van der Waals surface area contributed by atoms with Crippen LogP contribution in [0.15, 0.2) is 0 Å². The van der Waals surface area contributed by atoms with E-state index in [0.717, 1.165) is 6.04 Å². The molecule has 0 amide bonds. The van der Waals surface area contributed by atoms with Crippen LogP contribution in [0.3, 0.4) is 0 Å². The number of nitrogens with one attached hydrogen (secondary N) is 1. The topological polar surface area (TPSA) is 15.3 Å². The maximum atomic E-state index is 3.73. The maximum Gasteiger partial charge on any atom is 0.00670 e. The lowest BCUT2D eigenvalue weighted by Gasteiger charge is -2.26. The molecule has 18 heavy (non-hydrogen) atoms. The Kier molecular flexibility index (Phi) is 5.50. The Hall–Kier alpha value is -0.0800. The average Bonchev–Trinajstić information content (AvgIpc) is 3.05. The Morgan fingerprint density at radius 2 is 1.89 bits per heavy atom. The van der Waals surface area contributed by atoms with E-state index in [1.165, 1.54) is 77.5 Å². The van der Waals surface area contributed by atoms with Gasteiger partial charge in [0.1, 0.15) is 0 Å². The Balaban J connectivity index is 1.57. The monoisotopic (exact) mass is 252 g/mol. The van der Waals surface area contributed by atoms with Gasteiger partial charge < -0.3 is 10.2 Å². The van der Waals surface area contributed by atoms with E-state index in [1.807, 2.05) is 0 Å². The highest BCUT2D eigenvalue weighted by Crippen LogP contribution is 2.36. The third-order valence-electron chi connectivity index (χ3n) is 5.46. The van der Waals surface area contributed by atoms with Crippen molar-refractivity contribution >= 4 is 0 Å². The first-order valence-electron chi connectivity index (χ1n) is 8.24. The van der Waals surface area contributed by atoms with Crippen LogP contribution in [0.4, 0.5) is 0 Å². The van der Waals surface area contributed by atoms with Crippen molar-refractivity contribution in [1.82, 2.24) is 10.2 Å². The zero-order valence-electron chi connectivity index (χ0n) is 12.5. The first-order valence-corrected chi connectivity index (χ1v) is 8.24. The smallest absolute Gasteiger partial charge is 0.00670 e. The fourth-order valence-corrected chi connectivity index (χ4v) is 3.78. The van der Waals surface area contributed by atoms with E-state index < -0.39 is 0 Å². The van der Waals surface area contributed by atoms with Gasteiger partial charge in [-0.3, -0.25) is 0 Å². The molecule has 2 fully saturated rings. The molecule has 1 saturated heterocycles. The third-order valence-corrected chi connectivity index (χ3v) is 5.46. The highest BCUT2D eigenvalue weighted by atomic mass is 15.2. The van der Waals surface area contributed by atoms with Gasteiger partial charge in [-0.15, -0.1) is 0 Å². The predicted octanol–water partition coefficient (Wildman–Crippen LogP) is 3.42. The number of likely N-dealkylation sites (tertiary alicyclic amines) is 1. The second-order valence-corrected chi connectivity index (χ2v) is 6.52. The van der Waals surface area contributed by atoms with Crippen molar-refractivity contribution in [3.8, 4) is 0 Å². The zero-order chi connectivity index (χ0) is 12.8. The van der Waals surface area contributed by atoms with Crippen LogP contribution in [0.25, 0.3) is 0 Å². The summed E-state index contributed by atoms with van der Waals surface area (Å²) >= 11 is 0. The largest absolute Gasteiger partial charge is 0.314 e. The van der Waals surface area contributed by atoms with Crippen LogP contribution in [0.1, 0.15) is 65.2 Å². The van der Waals surface area contributed by atoms with E-state index in [9.17, 15) is 0 Å². The van der Waals surface area contributed by atoms with E-state index in [0.29, 0.717) is 5.41 Å². The van der Waals surface area contributed by atoms with Gasteiger partial charge in [-0.25, -0.2) is 0 Å². The summed E-state index contributed by atoms with van der Waals surface area (Å²) < 4.78 is 0. The Bertz CT molecular complexity index is 229. The molecule has 1 N–H and O–H groups in total. The molecule has 0 aromatic rings. The highest BCUT2D eigenvalue weighted by molar-refractivity contribution is 4.87. The molecule has 2 heteroatoms. The molecule has 0 atom stereocenters. The van der Waals surface area contributed by atoms with Crippen LogP contribution >= 0.6 is 0 Å². The van der Waals surface area contributed by atoms with Crippen LogP contribution in [-0.2, 0) is 0 Å². The van der Waals surface area contributed by atoms with E-state index >= 15 is 0 Å². The molecule has 106 valence electrons. The van der Waals surface area contributed by atoms with Crippen molar-refractivity contribution < 1.29 is 0 Å². The summed E-state index contributed by atoms with van der Waals surface area (Å²) in [5.74, 6) is 0. The van der Waals surface area contributed by atoms with Crippen molar-refractivity contribution in [3.63, 3.8) is 0 Å². The number of hydrogen-bond donors (Lipinski definition) is 1. The molecule has 1 aliphatic heterocycles. The molecule has 2 nitrogen and oxygen atoms in total. The van der Waals surface area contributed by atoms with Gasteiger partial charge in [0.25, 0.3) is 0 Å². The summed E-state index contributed by atoms with van der Waals surface area (Å²) in [5.41, 5.74) is 0.652. The van der Waals surface area contributed by atoms with Crippen molar-refractivity contribution in [1.29, 1.82) is 0 Å². The predicted molar refractivity (Wildman–Crippen MR) is 78.9 cm³/mol. The van der Waals surface area contributed by atoms with Crippen LogP contribution < -0.4 is 5.32 Å². The summed E-state index contributed by atoms with van der Waals surface area (Å²) in [5, 5.41) is 3.73. The Labute approximate surface area is 114 Å². The van der Waals surface area contributed by atoms with Gasteiger partial charge in [-0.2, -0.15) is 0 Å². The lowest BCUT2D eigenvalue weighted by atomic mass is 9.82. The fraction of sp³-hybridized carbons (Fsp3) is 1.00. The van der Waals surface area contributed by atoms with E-state index in [1.54, 1.807) is 0 Å². The summed E-state index contributed by atoms with van der Waals surface area (Å²) in [6, 6.07) is 0.842. The second kappa shape index (κ2) is 6.91. The molecular weight excluding hydrogens is 220 g/mol. The maximum absolute atomic E-state index is 3.73. The normalized spacial score (nSPS) is 25.0. The van der Waals surface area contributed by atoms with Gasteiger partial charge in [0.2, 0.25) is 0 Å². The fourth-order valence-electron chi connectivity index (χ4n) is 3.78. The summed E-state index contributed by atoms with van der Waals surface area (Å²) in [7, 11) is 0. The van der Waals surface area contributed by atoms with Gasteiger partial charge in [-0.05, 0) is 63.6 Å². The van der Waals surface area contributed by atoms with E-state index in [-0.39, 0.29) is 0 Å². The SMILES string of the molecule is CCC1(CC)CCN(CCCNC2CCCC2)C1. The minimum absolute atomic E-state index is 0.652. The molecule has 0 aromatic carbocycles. The molecule has 0 spiro atoms. The van der Waals surface area contributed by atoms with E-state index in [2.05, 4.69) is 24.1 Å². The van der Waals surface area contributed by atoms with Gasteiger partial charge in [-0.1, -0.05) is 26.7 Å². The van der Waals surface area contributed by atoms with Gasteiger partial charge in [0.05, 0.1) is 0 Å². The van der Waals surface area contributed by atoms with Gasteiger partial charge in [0, 0.05) is 12.6 Å². The third kappa shape index (κ3) is 3.71. The van der Waals surface area contributed by atoms with Crippen molar-refractivity contribution in [2.24, 2.45) is 5.41 Å². The molecule has 0 aromatic heterocycles. The molecule has 0 radical (unpaired) electrons. The number of rotatable bonds is 7. The van der Waals surface area contributed by atoms with E-state index in [4.69, 9.17) is 0 Å². The van der Waals surface area contributed by atoms with Crippen LogP contribution in [0.5, 0.6) is 0 Å². The second-order valence-electron chi connectivity index (χ2n) is 6.52. The molecule has 1 heterocycles. The molecule has 0 bridgehead atoms. The zero-order valence-corrected chi connectivity index (χ0v) is 12.5. The van der Waals surface area contributed by atoms with Crippen molar-refractivity contribution in [2.45, 2.75) is 71.3 Å². The lowest BCUT2D eigenvalue weighted by molar-refractivity contribution is 0.238. The van der Waals surface area contributed by atoms with Crippen molar-refractivity contribution in [3.05, 3.63) is 0 Å². The minimum atomic E-state index is 0.652. The first kappa shape index (κ1) is 14.3. The summed E-state index contributed by atoms with van der Waals surface area (Å²) in [6.45, 7) is 9.96. The first-order chi connectivity index (χ1) is 8.78. The van der Waals surface area contributed by atoms with Gasteiger partial charge in [0.15, 0.2) is 0 Å². The van der Waals surface area contributed by atoms with Crippen LogP contribution in [0.2, 0.25) is 0 Å².